The minimum atomic E-state index is -4.61. The first kappa shape index (κ1) is 32.1. The number of imide groups is 2. The summed E-state index contributed by atoms with van der Waals surface area (Å²) in [5, 5.41) is 0. The molecule has 41 heavy (non-hydrogen) atoms. The maximum Gasteiger partial charge on any atom is 0.416 e. The van der Waals surface area contributed by atoms with Crippen molar-refractivity contribution in [1.82, 2.24) is 9.80 Å². The average molecular weight is 587 g/mol. The molecule has 0 aliphatic carbocycles. The highest BCUT2D eigenvalue weighted by Gasteiger charge is 2.57. The van der Waals surface area contributed by atoms with Crippen molar-refractivity contribution in [3.05, 3.63) is 70.8 Å². The molecule has 0 bridgehead atoms. The molecule has 0 unspecified atom stereocenters. The highest BCUT2D eigenvalue weighted by atomic mass is 19.4. The number of hydrogen-bond donors (Lipinski definition) is 2. The van der Waals surface area contributed by atoms with Gasteiger partial charge in [-0.1, -0.05) is 24.3 Å². The van der Waals surface area contributed by atoms with Crippen molar-refractivity contribution < 1.29 is 40.7 Å². The number of barbiturate groups is 1. The van der Waals surface area contributed by atoms with Crippen molar-refractivity contribution in [2.75, 3.05) is 26.2 Å². The van der Waals surface area contributed by atoms with Gasteiger partial charge >= 0.3 is 18.4 Å². The van der Waals surface area contributed by atoms with Gasteiger partial charge in [0.25, 0.3) is 0 Å². The van der Waals surface area contributed by atoms with Crippen LogP contribution in [0.15, 0.2) is 48.5 Å². The fourth-order valence-corrected chi connectivity index (χ4v) is 4.84. The van der Waals surface area contributed by atoms with Crippen molar-refractivity contribution in [3.63, 3.8) is 0 Å². The van der Waals surface area contributed by atoms with Gasteiger partial charge in [0.05, 0.1) is 11.1 Å². The number of carbonyl (C=O) groups excluding carboxylic acids is 3. The summed E-state index contributed by atoms with van der Waals surface area (Å²) in [6.45, 7) is 0.462. The zero-order valence-electron chi connectivity index (χ0n) is 22.2. The van der Waals surface area contributed by atoms with Gasteiger partial charge in [-0.15, -0.1) is 0 Å². The normalized spacial score (nSPS) is 16.0. The molecule has 1 heterocycles. The SMILES string of the molecule is NCCCCN1C(=O)N(CCCCN)C(=O)C(Cc2ccc(C(F)(F)F)cc2)(Cc2ccc(C(F)(F)F)cc2)C1=O. The lowest BCUT2D eigenvalue weighted by Crippen LogP contribution is -2.66. The summed E-state index contributed by atoms with van der Waals surface area (Å²) in [4.78, 5) is 43.3. The van der Waals surface area contributed by atoms with E-state index < -0.39 is 46.7 Å². The summed E-state index contributed by atoms with van der Waals surface area (Å²) in [7, 11) is 0. The lowest BCUT2D eigenvalue weighted by atomic mass is 9.72. The van der Waals surface area contributed by atoms with Gasteiger partial charge < -0.3 is 11.5 Å². The van der Waals surface area contributed by atoms with Crippen LogP contribution in [0.5, 0.6) is 0 Å². The summed E-state index contributed by atoms with van der Waals surface area (Å²) in [6, 6.07) is 7.04. The Balaban J connectivity index is 2.11. The molecule has 1 saturated heterocycles. The van der Waals surface area contributed by atoms with Gasteiger partial charge in [-0.2, -0.15) is 26.3 Å². The molecule has 4 amide bonds. The number of nitrogens with zero attached hydrogens (tertiary/aromatic N) is 2. The number of rotatable bonds is 12. The van der Waals surface area contributed by atoms with Gasteiger partial charge in [-0.3, -0.25) is 19.4 Å². The highest BCUT2D eigenvalue weighted by Crippen LogP contribution is 2.39. The fourth-order valence-electron chi connectivity index (χ4n) is 4.84. The summed E-state index contributed by atoms with van der Waals surface area (Å²) >= 11 is 0. The first-order valence-corrected chi connectivity index (χ1v) is 13.1. The van der Waals surface area contributed by atoms with Crippen LogP contribution in [0.4, 0.5) is 31.1 Å². The molecular weight excluding hydrogens is 554 g/mol. The molecule has 2 aromatic rings. The predicted octanol–water partition coefficient (Wildman–Crippen LogP) is 4.76. The molecule has 0 spiro atoms. The van der Waals surface area contributed by atoms with Gasteiger partial charge in [-0.05, 0) is 87.0 Å². The molecule has 7 nitrogen and oxygen atoms in total. The maximum absolute atomic E-state index is 14.0. The highest BCUT2D eigenvalue weighted by molar-refractivity contribution is 6.19. The Morgan fingerprint density at radius 3 is 1.22 bits per heavy atom. The zero-order valence-corrected chi connectivity index (χ0v) is 22.2. The molecule has 224 valence electrons. The molecule has 13 heteroatoms. The number of alkyl halides is 6. The van der Waals surface area contributed by atoms with E-state index in [1.165, 1.54) is 0 Å². The van der Waals surface area contributed by atoms with Gasteiger partial charge in [-0.25, -0.2) is 4.79 Å². The zero-order chi connectivity index (χ0) is 30.4. The van der Waals surface area contributed by atoms with Crippen LogP contribution in [0.1, 0.15) is 47.9 Å². The lowest BCUT2D eigenvalue weighted by Gasteiger charge is -2.44. The van der Waals surface area contributed by atoms with Crippen molar-refractivity contribution in [2.24, 2.45) is 16.9 Å². The van der Waals surface area contributed by atoms with Crippen molar-refractivity contribution in [2.45, 2.75) is 50.9 Å². The van der Waals surface area contributed by atoms with Crippen LogP contribution in [0, 0.1) is 5.41 Å². The van der Waals surface area contributed by atoms with Crippen LogP contribution in [-0.4, -0.2) is 53.8 Å². The minimum Gasteiger partial charge on any atom is -0.330 e. The number of hydrogen-bond acceptors (Lipinski definition) is 5. The third-order valence-corrected chi connectivity index (χ3v) is 7.02. The fraction of sp³-hybridized carbons (Fsp3) is 0.464. The van der Waals surface area contributed by atoms with Crippen LogP contribution < -0.4 is 11.5 Å². The lowest BCUT2D eigenvalue weighted by molar-refractivity contribution is -0.159. The Labute approximate surface area is 233 Å². The quantitative estimate of drug-likeness (QED) is 0.212. The van der Waals surface area contributed by atoms with E-state index in [2.05, 4.69) is 0 Å². The summed E-state index contributed by atoms with van der Waals surface area (Å²) in [6.07, 6.45) is -8.34. The summed E-state index contributed by atoms with van der Waals surface area (Å²) in [5.74, 6) is -1.72. The first-order valence-electron chi connectivity index (χ1n) is 13.1. The molecule has 2 aromatic carbocycles. The topological polar surface area (TPSA) is 110 Å². The van der Waals surface area contributed by atoms with E-state index in [0.29, 0.717) is 25.7 Å². The summed E-state index contributed by atoms with van der Waals surface area (Å²) < 4.78 is 79.0. The third-order valence-electron chi connectivity index (χ3n) is 7.02. The van der Waals surface area contributed by atoms with Crippen molar-refractivity contribution in [1.29, 1.82) is 0 Å². The molecule has 0 atom stereocenters. The smallest absolute Gasteiger partial charge is 0.330 e. The number of benzene rings is 2. The number of unbranched alkanes of at least 4 members (excludes halogenated alkanes) is 2. The number of amides is 4. The Kier molecular flexibility index (Phi) is 10.2. The number of urea groups is 1. The second kappa shape index (κ2) is 13.0. The Morgan fingerprint density at radius 1 is 0.585 bits per heavy atom. The molecule has 0 saturated carbocycles. The van der Waals surface area contributed by atoms with Crippen LogP contribution >= 0.6 is 0 Å². The Morgan fingerprint density at radius 2 is 0.927 bits per heavy atom. The minimum absolute atomic E-state index is 0.0582. The molecule has 0 aromatic heterocycles. The van der Waals surface area contributed by atoms with Gasteiger partial charge in [0.15, 0.2) is 0 Å². The molecule has 3 rings (SSSR count). The van der Waals surface area contributed by atoms with E-state index >= 15 is 0 Å². The van der Waals surface area contributed by atoms with Crippen LogP contribution in [0.3, 0.4) is 0 Å². The molecule has 1 aliphatic rings. The Bertz CT molecular complexity index is 1120. The Hall–Kier alpha value is -3.45. The van der Waals surface area contributed by atoms with Gasteiger partial charge in [0, 0.05) is 13.1 Å². The average Bonchev–Trinajstić information content (AvgIpc) is 2.91. The van der Waals surface area contributed by atoms with Crippen molar-refractivity contribution in [3.8, 4) is 0 Å². The third kappa shape index (κ3) is 7.45. The largest absolute Gasteiger partial charge is 0.416 e. The molecule has 4 N–H and O–H groups in total. The van der Waals surface area contributed by atoms with Gasteiger partial charge in [0.1, 0.15) is 5.41 Å². The standard InChI is InChI=1S/C28H32F6N4O3/c29-27(30,31)21-9-5-19(6-10-21)17-26(18-20-7-11-22(12-8-20)28(32,33)34)23(39)37(15-3-1-13-35)25(41)38(24(26)40)16-4-2-14-36/h5-12H,1-4,13-18,35-36H2. The number of nitrogens with two attached hydrogens (primary N) is 2. The molecule has 1 fully saturated rings. The van der Waals surface area contributed by atoms with Crippen molar-refractivity contribution >= 4 is 17.8 Å². The predicted molar refractivity (Wildman–Crippen MR) is 138 cm³/mol. The van der Waals surface area contributed by atoms with E-state index in [9.17, 15) is 40.7 Å². The monoisotopic (exact) mass is 586 g/mol. The van der Waals surface area contributed by atoms with E-state index in [4.69, 9.17) is 11.5 Å². The summed E-state index contributed by atoms with van der Waals surface area (Å²) in [5.41, 5.74) is 7.69. The molecule has 0 radical (unpaired) electrons. The van der Waals surface area contributed by atoms with Gasteiger partial charge in [0.2, 0.25) is 11.8 Å². The second-order valence-electron chi connectivity index (χ2n) is 10.0. The first-order chi connectivity index (χ1) is 19.2. The maximum atomic E-state index is 14.0. The second-order valence-corrected chi connectivity index (χ2v) is 10.0. The van der Waals surface area contributed by atoms with E-state index in [-0.39, 0.29) is 50.1 Å². The van der Waals surface area contributed by atoms with E-state index in [0.717, 1.165) is 58.3 Å². The van der Waals surface area contributed by atoms with Crippen LogP contribution in [-0.2, 0) is 34.8 Å². The number of carbonyl (C=O) groups is 3. The van der Waals surface area contributed by atoms with Crippen LogP contribution in [0.25, 0.3) is 0 Å². The molecule has 1 aliphatic heterocycles. The molecular formula is C28H32F6N4O3. The van der Waals surface area contributed by atoms with E-state index in [1.807, 2.05) is 0 Å². The van der Waals surface area contributed by atoms with E-state index in [1.54, 1.807) is 0 Å². The number of halogens is 6. The van der Waals surface area contributed by atoms with Crippen LogP contribution in [0.2, 0.25) is 0 Å².